The summed E-state index contributed by atoms with van der Waals surface area (Å²) in [6, 6.07) is 1.92. The molecule has 0 bridgehead atoms. The highest BCUT2D eigenvalue weighted by Gasteiger charge is 2.15. The molecule has 0 atom stereocenters. The van der Waals surface area contributed by atoms with Gasteiger partial charge in [-0.1, -0.05) is 0 Å². The summed E-state index contributed by atoms with van der Waals surface area (Å²) in [6.07, 6.45) is 2.60. The Bertz CT molecular complexity index is 300. The Morgan fingerprint density at radius 2 is 2.14 bits per heavy atom. The molecular weight excluding hydrogens is 178 g/mol. The van der Waals surface area contributed by atoms with E-state index in [0.29, 0.717) is 5.76 Å². The van der Waals surface area contributed by atoms with Gasteiger partial charge in [0.25, 0.3) is 0 Å². The van der Waals surface area contributed by atoms with E-state index >= 15 is 0 Å². The van der Waals surface area contributed by atoms with Gasteiger partial charge in [-0.15, -0.1) is 0 Å². The fraction of sp³-hybridized carbons (Fsp3) is 0.636. The fourth-order valence-corrected chi connectivity index (χ4v) is 1.97. The van der Waals surface area contributed by atoms with Crippen molar-refractivity contribution in [3.05, 3.63) is 23.2 Å². The van der Waals surface area contributed by atoms with Crippen LogP contribution in [0, 0.1) is 6.92 Å². The molecule has 1 aromatic heterocycles. The molecule has 14 heavy (non-hydrogen) atoms. The third-order valence-corrected chi connectivity index (χ3v) is 2.79. The van der Waals surface area contributed by atoms with Crippen LogP contribution in [0.25, 0.3) is 0 Å². The van der Waals surface area contributed by atoms with Gasteiger partial charge < -0.3 is 9.52 Å². The zero-order valence-electron chi connectivity index (χ0n) is 8.62. The van der Waals surface area contributed by atoms with Crippen molar-refractivity contribution in [3.63, 3.8) is 0 Å². The quantitative estimate of drug-likeness (QED) is 0.797. The summed E-state index contributed by atoms with van der Waals surface area (Å²) in [4.78, 5) is 2.40. The lowest BCUT2D eigenvalue weighted by Crippen LogP contribution is -2.18. The second-order valence-electron chi connectivity index (χ2n) is 3.96. The van der Waals surface area contributed by atoms with Crippen molar-refractivity contribution in [3.8, 4) is 0 Å². The third-order valence-electron chi connectivity index (χ3n) is 2.79. The number of likely N-dealkylation sites (tertiary alicyclic amines) is 1. The first-order valence-corrected chi connectivity index (χ1v) is 5.21. The van der Waals surface area contributed by atoms with Gasteiger partial charge in [0, 0.05) is 0 Å². The first kappa shape index (κ1) is 9.74. The average molecular weight is 195 g/mol. The normalized spacial score (nSPS) is 17.9. The van der Waals surface area contributed by atoms with E-state index in [4.69, 9.17) is 9.52 Å². The maximum Gasteiger partial charge on any atom is 0.129 e. The molecule has 0 spiro atoms. The molecule has 2 rings (SSSR count). The monoisotopic (exact) mass is 195 g/mol. The highest BCUT2D eigenvalue weighted by molar-refractivity contribution is 5.19. The van der Waals surface area contributed by atoms with Gasteiger partial charge in [0.05, 0.1) is 6.54 Å². The van der Waals surface area contributed by atoms with Crippen molar-refractivity contribution in [2.45, 2.75) is 32.9 Å². The lowest BCUT2D eigenvalue weighted by atomic mass is 10.2. The van der Waals surface area contributed by atoms with E-state index in [2.05, 4.69) is 4.90 Å². The zero-order chi connectivity index (χ0) is 9.97. The Hall–Kier alpha value is -0.800. The largest absolute Gasteiger partial charge is 0.462 e. The highest BCUT2D eigenvalue weighted by Crippen LogP contribution is 2.19. The lowest BCUT2D eigenvalue weighted by molar-refractivity contribution is 0.232. The summed E-state index contributed by atoms with van der Waals surface area (Å²) in [5, 5.41) is 8.93. The van der Waals surface area contributed by atoms with E-state index in [9.17, 15) is 0 Å². The summed E-state index contributed by atoms with van der Waals surface area (Å²) in [6.45, 7) is 5.28. The van der Waals surface area contributed by atoms with Crippen LogP contribution in [0.5, 0.6) is 0 Å². The fourth-order valence-electron chi connectivity index (χ4n) is 1.97. The minimum Gasteiger partial charge on any atom is -0.462 e. The molecule has 78 valence electrons. The van der Waals surface area contributed by atoms with Crippen molar-refractivity contribution >= 4 is 0 Å². The van der Waals surface area contributed by atoms with Crippen molar-refractivity contribution < 1.29 is 9.52 Å². The summed E-state index contributed by atoms with van der Waals surface area (Å²) in [7, 11) is 0. The molecule has 0 radical (unpaired) electrons. The summed E-state index contributed by atoms with van der Waals surface area (Å²) in [5.41, 5.74) is 1.15. The van der Waals surface area contributed by atoms with Gasteiger partial charge in [-0.2, -0.15) is 0 Å². The predicted octanol–water partition coefficient (Wildman–Crippen LogP) is 1.68. The van der Waals surface area contributed by atoms with Crippen LogP contribution < -0.4 is 0 Å². The van der Waals surface area contributed by atoms with Crippen molar-refractivity contribution in [2.24, 2.45) is 0 Å². The zero-order valence-corrected chi connectivity index (χ0v) is 8.62. The molecule has 0 saturated carbocycles. The van der Waals surface area contributed by atoms with Crippen LogP contribution in [0.4, 0.5) is 0 Å². The Kier molecular flexibility index (Phi) is 2.89. The van der Waals surface area contributed by atoms with Crippen LogP contribution in [0.3, 0.4) is 0 Å². The van der Waals surface area contributed by atoms with Gasteiger partial charge in [0.1, 0.15) is 18.1 Å². The van der Waals surface area contributed by atoms with E-state index in [1.54, 1.807) is 0 Å². The summed E-state index contributed by atoms with van der Waals surface area (Å²) in [5.74, 6) is 1.69. The second kappa shape index (κ2) is 4.15. The maximum atomic E-state index is 8.93. The van der Waals surface area contributed by atoms with Crippen LogP contribution in [0.2, 0.25) is 0 Å². The molecule has 3 nitrogen and oxygen atoms in total. The molecule has 1 aromatic rings. The van der Waals surface area contributed by atoms with Gasteiger partial charge in [0.15, 0.2) is 0 Å². The molecule has 0 aliphatic carbocycles. The number of rotatable bonds is 3. The van der Waals surface area contributed by atoms with Crippen LogP contribution in [-0.4, -0.2) is 23.1 Å². The van der Waals surface area contributed by atoms with Gasteiger partial charge in [0.2, 0.25) is 0 Å². The van der Waals surface area contributed by atoms with Crippen LogP contribution >= 0.6 is 0 Å². The van der Waals surface area contributed by atoms with Crippen molar-refractivity contribution in [1.29, 1.82) is 0 Å². The van der Waals surface area contributed by atoms with Crippen LogP contribution in [0.1, 0.15) is 29.9 Å². The molecule has 1 aliphatic heterocycles. The first-order chi connectivity index (χ1) is 6.79. The number of hydrogen-bond acceptors (Lipinski definition) is 3. The SMILES string of the molecule is Cc1cc(CO)oc1CN1CCCC1. The standard InChI is InChI=1S/C11H17NO2/c1-9-6-10(8-13)14-11(9)7-12-4-2-3-5-12/h6,13H,2-5,7-8H2,1H3. The predicted molar refractivity (Wildman–Crippen MR) is 53.9 cm³/mol. The van der Waals surface area contributed by atoms with E-state index in [1.165, 1.54) is 25.9 Å². The minimum atomic E-state index is 0.000833. The maximum absolute atomic E-state index is 8.93. The highest BCUT2D eigenvalue weighted by atomic mass is 16.4. The minimum absolute atomic E-state index is 0.000833. The molecule has 1 aliphatic rings. The van der Waals surface area contributed by atoms with E-state index in [-0.39, 0.29) is 6.61 Å². The van der Waals surface area contributed by atoms with E-state index in [1.807, 2.05) is 13.0 Å². The summed E-state index contributed by atoms with van der Waals surface area (Å²) >= 11 is 0. The molecule has 1 fully saturated rings. The van der Waals surface area contributed by atoms with Crippen molar-refractivity contribution in [2.75, 3.05) is 13.1 Å². The number of furan rings is 1. The molecule has 0 amide bonds. The number of hydrogen-bond donors (Lipinski definition) is 1. The Balaban J connectivity index is 2.03. The smallest absolute Gasteiger partial charge is 0.129 e. The van der Waals surface area contributed by atoms with Crippen LogP contribution in [-0.2, 0) is 13.2 Å². The average Bonchev–Trinajstić information content (AvgIpc) is 2.78. The molecule has 2 heterocycles. The lowest BCUT2D eigenvalue weighted by Gasteiger charge is -2.12. The second-order valence-corrected chi connectivity index (χ2v) is 3.96. The number of aryl methyl sites for hydroxylation is 1. The van der Waals surface area contributed by atoms with Gasteiger partial charge in [-0.25, -0.2) is 0 Å². The van der Waals surface area contributed by atoms with Crippen LogP contribution in [0.15, 0.2) is 10.5 Å². The number of aliphatic hydroxyl groups is 1. The molecule has 0 aromatic carbocycles. The number of nitrogens with zero attached hydrogens (tertiary/aromatic N) is 1. The Labute approximate surface area is 84.3 Å². The van der Waals surface area contributed by atoms with E-state index < -0.39 is 0 Å². The Morgan fingerprint density at radius 3 is 2.71 bits per heavy atom. The molecule has 0 unspecified atom stereocenters. The molecule has 3 heteroatoms. The van der Waals surface area contributed by atoms with Gasteiger partial charge in [-0.05, 0) is 44.5 Å². The molecular formula is C11H17NO2. The van der Waals surface area contributed by atoms with E-state index in [0.717, 1.165) is 17.9 Å². The topological polar surface area (TPSA) is 36.6 Å². The van der Waals surface area contributed by atoms with Crippen molar-refractivity contribution in [1.82, 2.24) is 4.90 Å². The number of aliphatic hydroxyl groups excluding tert-OH is 1. The third kappa shape index (κ3) is 1.99. The molecule has 1 saturated heterocycles. The summed E-state index contributed by atoms with van der Waals surface area (Å²) < 4.78 is 5.53. The Morgan fingerprint density at radius 1 is 1.43 bits per heavy atom. The first-order valence-electron chi connectivity index (χ1n) is 5.21. The van der Waals surface area contributed by atoms with Gasteiger partial charge >= 0.3 is 0 Å². The van der Waals surface area contributed by atoms with Gasteiger partial charge in [-0.3, -0.25) is 4.90 Å². The molecule has 1 N–H and O–H groups in total.